The number of hydrogen-bond donors (Lipinski definition) is 4. The van der Waals surface area contributed by atoms with E-state index in [4.69, 9.17) is 26.2 Å². The number of carbonyl (C=O) groups excluding carboxylic acids is 1. The standard InChI is InChI=1S/C25H30ClN3O6/c1-12-9-13(2)28-23(31)18(12)11-27-22(30)17-10-19(26)21-20(14(17)3)34-25(4,35-21)15-5-7-16(8-6-15)29-24(32)33/h9-10,15-16,29H,5-8,11H2,1-4H3,(H,27,30)(H,28,31)(H,32,33)/t15-,16-,25?. The Hall–Kier alpha value is -3.20. The minimum absolute atomic E-state index is 0.0331. The molecule has 2 aliphatic rings. The molecule has 2 amide bonds. The average molecular weight is 504 g/mol. The van der Waals surface area contributed by atoms with Gasteiger partial charge in [0.2, 0.25) is 0 Å². The topological polar surface area (TPSA) is 130 Å². The molecule has 1 fully saturated rings. The zero-order valence-corrected chi connectivity index (χ0v) is 21.0. The van der Waals surface area contributed by atoms with Crippen LogP contribution in [0.5, 0.6) is 11.5 Å². The molecule has 1 unspecified atom stereocenters. The quantitative estimate of drug-likeness (QED) is 0.484. The molecule has 0 saturated heterocycles. The van der Waals surface area contributed by atoms with E-state index < -0.39 is 11.9 Å². The minimum atomic E-state index is -1.02. The highest BCUT2D eigenvalue weighted by molar-refractivity contribution is 6.33. The molecule has 188 valence electrons. The molecule has 0 spiro atoms. The highest BCUT2D eigenvalue weighted by Crippen LogP contribution is 2.51. The molecule has 2 aromatic rings. The molecule has 1 aromatic carbocycles. The van der Waals surface area contributed by atoms with Crippen molar-refractivity contribution in [3.8, 4) is 11.5 Å². The number of halogens is 1. The van der Waals surface area contributed by atoms with Crippen molar-refractivity contribution in [2.24, 2.45) is 5.92 Å². The average Bonchev–Trinajstić information content (AvgIpc) is 3.15. The van der Waals surface area contributed by atoms with Crippen LogP contribution in [-0.2, 0) is 6.54 Å². The Balaban J connectivity index is 1.49. The predicted octanol–water partition coefficient (Wildman–Crippen LogP) is 4.20. The van der Waals surface area contributed by atoms with E-state index in [1.165, 1.54) is 0 Å². The molecule has 9 nitrogen and oxygen atoms in total. The second-order valence-corrected chi connectivity index (χ2v) is 9.94. The van der Waals surface area contributed by atoms with Crippen LogP contribution in [-0.4, -0.2) is 33.9 Å². The molecule has 1 atom stereocenters. The Labute approximate surface area is 208 Å². The zero-order valence-electron chi connectivity index (χ0n) is 20.2. The summed E-state index contributed by atoms with van der Waals surface area (Å²) in [5.41, 5.74) is 2.77. The first kappa shape index (κ1) is 24.9. The summed E-state index contributed by atoms with van der Waals surface area (Å²) in [4.78, 5) is 39.0. The van der Waals surface area contributed by atoms with Gasteiger partial charge in [0.1, 0.15) is 0 Å². The zero-order chi connectivity index (χ0) is 25.5. The fourth-order valence-electron chi connectivity index (χ4n) is 5.05. The van der Waals surface area contributed by atoms with Crippen LogP contribution in [0.1, 0.15) is 65.3 Å². The lowest BCUT2D eigenvalue weighted by Gasteiger charge is -2.37. The summed E-state index contributed by atoms with van der Waals surface area (Å²) in [7, 11) is 0. The van der Waals surface area contributed by atoms with Gasteiger partial charge in [-0.15, -0.1) is 0 Å². The van der Waals surface area contributed by atoms with Crippen LogP contribution in [0, 0.1) is 26.7 Å². The van der Waals surface area contributed by atoms with Crippen molar-refractivity contribution in [1.29, 1.82) is 0 Å². The minimum Gasteiger partial charge on any atom is -0.465 e. The van der Waals surface area contributed by atoms with E-state index in [0.29, 0.717) is 41.0 Å². The molecule has 2 heterocycles. The molecule has 4 N–H and O–H groups in total. The van der Waals surface area contributed by atoms with Gasteiger partial charge in [0.05, 0.1) is 5.02 Å². The van der Waals surface area contributed by atoms with Crippen molar-refractivity contribution < 1.29 is 24.2 Å². The SMILES string of the molecule is Cc1cc(C)c(CNC(=O)c2cc(Cl)c3c(c2C)OC(C)([C@H]2CC[C@H](NC(=O)O)CC2)O3)c(=O)[nH]1. The normalized spacial score (nSPS) is 23.1. The third-order valence-corrected chi connectivity index (χ3v) is 7.29. The second-order valence-electron chi connectivity index (χ2n) is 9.53. The molecule has 0 radical (unpaired) electrons. The van der Waals surface area contributed by atoms with Crippen molar-refractivity contribution >= 4 is 23.6 Å². The maximum absolute atomic E-state index is 13.0. The largest absolute Gasteiger partial charge is 0.465 e. The fourth-order valence-corrected chi connectivity index (χ4v) is 5.28. The van der Waals surface area contributed by atoms with Crippen LogP contribution < -0.4 is 25.7 Å². The smallest absolute Gasteiger partial charge is 0.404 e. The highest BCUT2D eigenvalue weighted by Gasteiger charge is 2.47. The van der Waals surface area contributed by atoms with Gasteiger partial charge in [-0.05, 0) is 64.2 Å². The Kier molecular flexibility index (Phi) is 6.73. The summed E-state index contributed by atoms with van der Waals surface area (Å²) in [5, 5.41) is 14.6. The summed E-state index contributed by atoms with van der Waals surface area (Å²) in [6.45, 7) is 7.35. The molecule has 0 bridgehead atoms. The van der Waals surface area contributed by atoms with E-state index in [0.717, 1.165) is 24.1 Å². The summed E-state index contributed by atoms with van der Waals surface area (Å²) in [5.74, 6) is -0.471. The van der Waals surface area contributed by atoms with E-state index >= 15 is 0 Å². The van der Waals surface area contributed by atoms with Gasteiger partial charge in [-0.2, -0.15) is 0 Å². The molecule has 4 rings (SSSR count). The second kappa shape index (κ2) is 9.45. The number of benzene rings is 1. The van der Waals surface area contributed by atoms with Gasteiger partial charge in [0.15, 0.2) is 11.5 Å². The maximum Gasteiger partial charge on any atom is 0.404 e. The van der Waals surface area contributed by atoms with Crippen molar-refractivity contribution in [3.05, 3.63) is 55.5 Å². The van der Waals surface area contributed by atoms with E-state index in [2.05, 4.69) is 15.6 Å². The van der Waals surface area contributed by atoms with Crippen molar-refractivity contribution in [2.75, 3.05) is 0 Å². The summed E-state index contributed by atoms with van der Waals surface area (Å²) < 4.78 is 12.5. The third-order valence-electron chi connectivity index (χ3n) is 7.01. The number of rotatable bonds is 5. The Bertz CT molecular complexity index is 1230. The first-order valence-electron chi connectivity index (χ1n) is 11.7. The van der Waals surface area contributed by atoms with Crippen LogP contribution in [0.4, 0.5) is 4.79 Å². The monoisotopic (exact) mass is 503 g/mol. The first-order valence-corrected chi connectivity index (χ1v) is 12.0. The molecule has 1 aliphatic carbocycles. The fraction of sp³-hybridized carbons (Fsp3) is 0.480. The van der Waals surface area contributed by atoms with Crippen LogP contribution in [0.3, 0.4) is 0 Å². The molecular formula is C25H30ClN3O6. The van der Waals surface area contributed by atoms with Gasteiger partial charge in [-0.25, -0.2) is 4.79 Å². The Morgan fingerprint density at radius 3 is 2.43 bits per heavy atom. The van der Waals surface area contributed by atoms with E-state index in [9.17, 15) is 14.4 Å². The number of aromatic amines is 1. The molecule has 1 aromatic heterocycles. The van der Waals surface area contributed by atoms with Gasteiger partial charge < -0.3 is 30.2 Å². The summed E-state index contributed by atoms with van der Waals surface area (Å²) in [6.07, 6.45) is 1.81. The number of amides is 2. The lowest BCUT2D eigenvalue weighted by molar-refractivity contribution is -0.121. The number of aryl methyl sites for hydroxylation is 2. The third kappa shape index (κ3) is 4.96. The molecule has 10 heteroatoms. The number of carbonyl (C=O) groups is 2. The number of fused-ring (bicyclic) bond motifs is 1. The Morgan fingerprint density at radius 2 is 1.80 bits per heavy atom. The van der Waals surface area contributed by atoms with Crippen LogP contribution in [0.25, 0.3) is 0 Å². The van der Waals surface area contributed by atoms with Crippen LogP contribution in [0.15, 0.2) is 16.9 Å². The number of carboxylic acid groups (broad SMARTS) is 1. The van der Waals surface area contributed by atoms with Gasteiger partial charge in [0.25, 0.3) is 17.3 Å². The van der Waals surface area contributed by atoms with Crippen LogP contribution in [0.2, 0.25) is 5.02 Å². The van der Waals surface area contributed by atoms with Gasteiger partial charge in [0, 0.05) is 47.8 Å². The molecule has 35 heavy (non-hydrogen) atoms. The Morgan fingerprint density at radius 1 is 1.14 bits per heavy atom. The number of pyridine rings is 1. The van der Waals surface area contributed by atoms with Gasteiger partial charge >= 0.3 is 6.09 Å². The van der Waals surface area contributed by atoms with E-state index in [1.54, 1.807) is 19.9 Å². The number of nitrogens with one attached hydrogen (secondary N) is 3. The number of hydrogen-bond acceptors (Lipinski definition) is 5. The summed E-state index contributed by atoms with van der Waals surface area (Å²) in [6, 6.07) is 3.33. The molecular weight excluding hydrogens is 474 g/mol. The van der Waals surface area contributed by atoms with Crippen molar-refractivity contribution in [3.63, 3.8) is 0 Å². The molecule has 1 aliphatic heterocycles. The maximum atomic E-state index is 13.0. The van der Waals surface area contributed by atoms with Gasteiger partial charge in [-0.3, -0.25) is 9.59 Å². The van der Waals surface area contributed by atoms with E-state index in [1.807, 2.05) is 19.9 Å². The van der Waals surface area contributed by atoms with Gasteiger partial charge in [-0.1, -0.05) is 11.6 Å². The van der Waals surface area contributed by atoms with E-state index in [-0.39, 0.29) is 35.0 Å². The predicted molar refractivity (Wildman–Crippen MR) is 130 cm³/mol. The number of H-pyrrole nitrogens is 1. The van der Waals surface area contributed by atoms with Crippen molar-refractivity contribution in [1.82, 2.24) is 15.6 Å². The first-order chi connectivity index (χ1) is 16.5. The number of ether oxygens (including phenoxy) is 2. The highest BCUT2D eigenvalue weighted by atomic mass is 35.5. The number of aromatic nitrogens is 1. The van der Waals surface area contributed by atoms with Crippen LogP contribution >= 0.6 is 11.6 Å². The summed E-state index contributed by atoms with van der Waals surface area (Å²) >= 11 is 6.51. The lowest BCUT2D eigenvalue weighted by atomic mass is 9.81. The lowest BCUT2D eigenvalue weighted by Crippen LogP contribution is -2.47. The van der Waals surface area contributed by atoms with Crippen molar-refractivity contribution in [2.45, 2.75) is 71.8 Å². The molecule has 1 saturated carbocycles.